The first kappa shape index (κ1) is 17.9. The number of methoxy groups -OCH3 is 1. The summed E-state index contributed by atoms with van der Waals surface area (Å²) >= 11 is 1.61. The number of aryl methyl sites for hydroxylation is 1. The molecule has 0 fully saturated rings. The molecule has 1 aromatic rings. The normalized spacial score (nSPS) is 13.7. The summed E-state index contributed by atoms with van der Waals surface area (Å²) in [6, 6.07) is 0. The molecule has 0 aliphatic carbocycles. The first-order chi connectivity index (χ1) is 10.0. The van der Waals surface area contributed by atoms with Crippen LogP contribution in [0.3, 0.4) is 0 Å². The predicted octanol–water partition coefficient (Wildman–Crippen LogP) is 2.59. The van der Waals surface area contributed by atoms with Crippen molar-refractivity contribution in [2.24, 2.45) is 0 Å². The number of carbonyl (C=O) groups excluding carboxylic acids is 1. The zero-order valence-electron chi connectivity index (χ0n) is 13.3. The third kappa shape index (κ3) is 6.01. The lowest BCUT2D eigenvalue weighted by Crippen LogP contribution is -2.50. The fourth-order valence-corrected chi connectivity index (χ4v) is 2.66. The van der Waals surface area contributed by atoms with Gasteiger partial charge in [-0.3, -0.25) is 4.79 Å². The first-order valence-electron chi connectivity index (χ1n) is 7.26. The Bertz CT molecular complexity index is 439. The molecule has 0 aromatic carbocycles. The molecule has 1 aromatic heterocycles. The lowest BCUT2D eigenvalue weighted by molar-refractivity contribution is -0.148. The van der Waals surface area contributed by atoms with Crippen LogP contribution in [0.4, 0.5) is 0 Å². The smallest absolute Gasteiger partial charge is 0.325 e. The molecule has 6 heteroatoms. The molecule has 1 unspecified atom stereocenters. The molecular weight excluding hydrogens is 286 g/mol. The summed E-state index contributed by atoms with van der Waals surface area (Å²) in [5.74, 6) is 0.677. The Balaban J connectivity index is 2.42. The number of esters is 1. The summed E-state index contributed by atoms with van der Waals surface area (Å²) in [5, 5.41) is 4.07. The van der Waals surface area contributed by atoms with Crippen LogP contribution in [-0.2, 0) is 9.53 Å². The molecule has 1 atom stereocenters. The van der Waals surface area contributed by atoms with E-state index < -0.39 is 5.54 Å². The van der Waals surface area contributed by atoms with Crippen molar-refractivity contribution in [1.82, 2.24) is 15.3 Å². The molecule has 0 radical (unpaired) electrons. The van der Waals surface area contributed by atoms with E-state index in [0.29, 0.717) is 0 Å². The van der Waals surface area contributed by atoms with Crippen molar-refractivity contribution in [2.45, 2.75) is 50.7 Å². The molecular formula is C15H25N3O2S. The van der Waals surface area contributed by atoms with E-state index in [9.17, 15) is 4.79 Å². The Labute approximate surface area is 131 Å². The van der Waals surface area contributed by atoms with E-state index in [2.05, 4.69) is 22.2 Å². The lowest BCUT2D eigenvalue weighted by Gasteiger charge is -2.27. The van der Waals surface area contributed by atoms with E-state index in [1.807, 2.05) is 26.2 Å². The fourth-order valence-electron chi connectivity index (χ4n) is 1.93. The van der Waals surface area contributed by atoms with E-state index >= 15 is 0 Å². The van der Waals surface area contributed by atoms with E-state index in [-0.39, 0.29) is 5.97 Å². The van der Waals surface area contributed by atoms with Crippen molar-refractivity contribution in [3.05, 3.63) is 18.0 Å². The van der Waals surface area contributed by atoms with E-state index in [0.717, 1.165) is 42.3 Å². The molecule has 1 rings (SSSR count). The van der Waals surface area contributed by atoms with Gasteiger partial charge in [-0.1, -0.05) is 18.7 Å². The minimum Gasteiger partial charge on any atom is -0.468 e. The molecule has 5 nitrogen and oxygen atoms in total. The molecule has 118 valence electrons. The molecule has 21 heavy (non-hydrogen) atoms. The number of nitrogens with one attached hydrogen (secondary N) is 1. The average molecular weight is 311 g/mol. The summed E-state index contributed by atoms with van der Waals surface area (Å²) in [6.07, 6.45) is 6.24. The first-order valence-corrected chi connectivity index (χ1v) is 8.25. The second-order valence-corrected chi connectivity index (χ2v) is 6.31. The molecule has 1 heterocycles. The Hall–Kier alpha value is -1.14. The van der Waals surface area contributed by atoms with Crippen LogP contribution in [0, 0.1) is 6.92 Å². The van der Waals surface area contributed by atoms with Gasteiger partial charge in [-0.05, 0) is 45.2 Å². The molecule has 0 amide bonds. The van der Waals surface area contributed by atoms with E-state index in [1.165, 1.54) is 7.11 Å². The summed E-state index contributed by atoms with van der Waals surface area (Å²) in [5.41, 5.74) is 0.445. The van der Waals surface area contributed by atoms with Crippen LogP contribution in [0.5, 0.6) is 0 Å². The van der Waals surface area contributed by atoms with Crippen LogP contribution in [0.1, 0.15) is 38.7 Å². The number of thioether (sulfide) groups is 1. The number of rotatable bonds is 9. The molecule has 1 N–H and O–H groups in total. The number of carbonyl (C=O) groups is 1. The molecule has 0 aliphatic rings. The second kappa shape index (κ2) is 9.00. The van der Waals surface area contributed by atoms with E-state index in [4.69, 9.17) is 4.74 Å². The maximum atomic E-state index is 11.9. The highest BCUT2D eigenvalue weighted by Crippen LogP contribution is 2.19. The Morgan fingerprint density at radius 2 is 2.10 bits per heavy atom. The zero-order chi connectivity index (χ0) is 15.7. The molecule has 0 spiro atoms. The van der Waals surface area contributed by atoms with Gasteiger partial charge in [-0.15, -0.1) is 0 Å². The van der Waals surface area contributed by atoms with Crippen molar-refractivity contribution in [2.75, 3.05) is 19.4 Å². The minimum absolute atomic E-state index is 0.201. The Morgan fingerprint density at radius 3 is 2.67 bits per heavy atom. The van der Waals surface area contributed by atoms with Crippen LogP contribution < -0.4 is 5.32 Å². The van der Waals surface area contributed by atoms with Gasteiger partial charge in [0.25, 0.3) is 0 Å². The SMILES string of the molecule is CCCNC(C)(CCCSc1ncc(C)cn1)C(=O)OC. The number of hydrogen-bond donors (Lipinski definition) is 1. The van der Waals surface area contributed by atoms with Gasteiger partial charge in [0.15, 0.2) is 5.16 Å². The standard InChI is InChI=1S/C15H25N3O2S/c1-5-8-18-15(3,13(19)20-4)7-6-9-21-14-16-10-12(2)11-17-14/h10-11,18H,5-9H2,1-4H3. The summed E-state index contributed by atoms with van der Waals surface area (Å²) in [6.45, 7) is 6.76. The summed E-state index contributed by atoms with van der Waals surface area (Å²) in [4.78, 5) is 20.4. The van der Waals surface area contributed by atoms with E-state index in [1.54, 1.807) is 11.8 Å². The highest BCUT2D eigenvalue weighted by Gasteiger charge is 2.32. The quantitative estimate of drug-likeness (QED) is 0.327. The van der Waals surface area contributed by atoms with Crippen molar-refractivity contribution >= 4 is 17.7 Å². The largest absolute Gasteiger partial charge is 0.468 e. The minimum atomic E-state index is -0.612. The van der Waals surface area contributed by atoms with Crippen LogP contribution in [-0.4, -0.2) is 40.9 Å². The summed E-state index contributed by atoms with van der Waals surface area (Å²) in [7, 11) is 1.43. The van der Waals surface area contributed by atoms with Gasteiger partial charge < -0.3 is 10.1 Å². The van der Waals surface area contributed by atoms with Crippen molar-refractivity contribution in [3.8, 4) is 0 Å². The fraction of sp³-hybridized carbons (Fsp3) is 0.667. The van der Waals surface area contributed by atoms with Gasteiger partial charge in [0.1, 0.15) is 5.54 Å². The van der Waals surface area contributed by atoms with Gasteiger partial charge in [0, 0.05) is 18.1 Å². The molecule has 0 saturated heterocycles. The van der Waals surface area contributed by atoms with Crippen LogP contribution >= 0.6 is 11.8 Å². The second-order valence-electron chi connectivity index (χ2n) is 5.25. The monoisotopic (exact) mass is 311 g/mol. The zero-order valence-corrected chi connectivity index (χ0v) is 14.1. The number of aromatic nitrogens is 2. The molecule has 0 bridgehead atoms. The number of ether oxygens (including phenoxy) is 1. The van der Waals surface area contributed by atoms with Gasteiger partial charge in [-0.25, -0.2) is 9.97 Å². The Kier molecular flexibility index (Phi) is 7.67. The maximum Gasteiger partial charge on any atom is 0.325 e. The van der Waals surface area contributed by atoms with Gasteiger partial charge in [-0.2, -0.15) is 0 Å². The van der Waals surface area contributed by atoms with Crippen molar-refractivity contribution < 1.29 is 9.53 Å². The van der Waals surface area contributed by atoms with Crippen molar-refractivity contribution in [3.63, 3.8) is 0 Å². The maximum absolute atomic E-state index is 11.9. The molecule has 0 aliphatic heterocycles. The van der Waals surface area contributed by atoms with Gasteiger partial charge in [0.05, 0.1) is 7.11 Å². The number of nitrogens with zero attached hydrogens (tertiary/aromatic N) is 2. The number of hydrogen-bond acceptors (Lipinski definition) is 6. The van der Waals surface area contributed by atoms with Gasteiger partial charge >= 0.3 is 5.97 Å². The van der Waals surface area contributed by atoms with Crippen LogP contribution in [0.2, 0.25) is 0 Å². The topological polar surface area (TPSA) is 64.1 Å². The third-order valence-electron chi connectivity index (χ3n) is 3.21. The summed E-state index contributed by atoms with van der Waals surface area (Å²) < 4.78 is 4.91. The lowest BCUT2D eigenvalue weighted by atomic mass is 9.96. The Morgan fingerprint density at radius 1 is 1.43 bits per heavy atom. The average Bonchev–Trinajstić information content (AvgIpc) is 2.50. The van der Waals surface area contributed by atoms with Gasteiger partial charge in [0.2, 0.25) is 0 Å². The highest BCUT2D eigenvalue weighted by atomic mass is 32.2. The highest BCUT2D eigenvalue weighted by molar-refractivity contribution is 7.99. The third-order valence-corrected chi connectivity index (χ3v) is 4.17. The van der Waals surface area contributed by atoms with Crippen molar-refractivity contribution in [1.29, 1.82) is 0 Å². The van der Waals surface area contributed by atoms with Crippen LogP contribution in [0.15, 0.2) is 17.6 Å². The molecule has 0 saturated carbocycles. The predicted molar refractivity (Wildman–Crippen MR) is 85.4 cm³/mol. The van der Waals surface area contributed by atoms with Crippen LogP contribution in [0.25, 0.3) is 0 Å².